The summed E-state index contributed by atoms with van der Waals surface area (Å²) in [6.07, 6.45) is -4.46. The van der Waals surface area contributed by atoms with Crippen molar-refractivity contribution in [3.05, 3.63) is 54.1 Å². The second kappa shape index (κ2) is 9.47. The largest absolute Gasteiger partial charge is 0.416 e. The molecular weight excluding hydrogens is 445 g/mol. The van der Waals surface area contributed by atoms with Gasteiger partial charge in [-0.15, -0.1) is 0 Å². The van der Waals surface area contributed by atoms with Crippen LogP contribution in [-0.4, -0.2) is 55.9 Å². The van der Waals surface area contributed by atoms with Crippen molar-refractivity contribution < 1.29 is 26.4 Å². The van der Waals surface area contributed by atoms with E-state index in [0.717, 1.165) is 24.3 Å². The highest BCUT2D eigenvalue weighted by molar-refractivity contribution is 7.89. The SMILES string of the molecule is CC(C)N1CCN(S(=O)(=O)c2cccc(NC(=O)Nc3ccc(C(F)(F)F)cc3)c2)CC1. The summed E-state index contributed by atoms with van der Waals surface area (Å²) in [4.78, 5) is 14.5. The van der Waals surface area contributed by atoms with Crippen molar-refractivity contribution in [2.45, 2.75) is 31.0 Å². The van der Waals surface area contributed by atoms with Crippen LogP contribution in [0.3, 0.4) is 0 Å². The lowest BCUT2D eigenvalue weighted by atomic mass is 10.2. The van der Waals surface area contributed by atoms with Crippen molar-refractivity contribution in [2.24, 2.45) is 0 Å². The molecule has 2 aromatic carbocycles. The maximum atomic E-state index is 13.0. The minimum atomic E-state index is -4.46. The van der Waals surface area contributed by atoms with E-state index >= 15 is 0 Å². The van der Waals surface area contributed by atoms with E-state index in [1.165, 1.54) is 28.6 Å². The molecule has 11 heteroatoms. The number of urea groups is 1. The van der Waals surface area contributed by atoms with Crippen LogP contribution in [0.25, 0.3) is 0 Å². The number of hydrogen-bond donors (Lipinski definition) is 2. The Balaban J connectivity index is 1.65. The highest BCUT2D eigenvalue weighted by atomic mass is 32.2. The molecule has 0 atom stereocenters. The molecule has 1 heterocycles. The number of sulfonamides is 1. The number of carbonyl (C=O) groups excluding carboxylic acids is 1. The summed E-state index contributed by atoms with van der Waals surface area (Å²) >= 11 is 0. The number of piperazine rings is 1. The van der Waals surface area contributed by atoms with E-state index in [4.69, 9.17) is 0 Å². The molecule has 1 aliphatic rings. The maximum absolute atomic E-state index is 13.0. The molecule has 0 spiro atoms. The van der Waals surface area contributed by atoms with E-state index in [0.29, 0.717) is 32.2 Å². The van der Waals surface area contributed by atoms with Gasteiger partial charge in [-0.25, -0.2) is 13.2 Å². The lowest BCUT2D eigenvalue weighted by Gasteiger charge is -2.36. The van der Waals surface area contributed by atoms with Gasteiger partial charge in [-0.05, 0) is 56.3 Å². The van der Waals surface area contributed by atoms with Gasteiger partial charge in [-0.2, -0.15) is 17.5 Å². The van der Waals surface area contributed by atoms with E-state index in [1.807, 2.05) is 0 Å². The number of rotatable bonds is 5. The van der Waals surface area contributed by atoms with E-state index < -0.39 is 27.8 Å². The number of nitrogens with one attached hydrogen (secondary N) is 2. The van der Waals surface area contributed by atoms with Gasteiger partial charge in [0.05, 0.1) is 10.5 Å². The normalized spacial score (nSPS) is 16.2. The quantitative estimate of drug-likeness (QED) is 0.691. The molecule has 32 heavy (non-hydrogen) atoms. The number of amides is 2. The van der Waals surface area contributed by atoms with Crippen molar-refractivity contribution in [1.29, 1.82) is 0 Å². The molecule has 0 aromatic heterocycles. The molecule has 1 saturated heterocycles. The Labute approximate surface area is 185 Å². The van der Waals surface area contributed by atoms with Gasteiger partial charge >= 0.3 is 12.2 Å². The predicted octanol–water partition coefficient (Wildman–Crippen LogP) is 4.06. The fourth-order valence-electron chi connectivity index (χ4n) is 3.38. The van der Waals surface area contributed by atoms with Crippen molar-refractivity contribution in [1.82, 2.24) is 9.21 Å². The molecule has 174 valence electrons. The molecule has 0 bridgehead atoms. The van der Waals surface area contributed by atoms with Crippen LogP contribution < -0.4 is 10.6 Å². The van der Waals surface area contributed by atoms with Crippen molar-refractivity contribution in [2.75, 3.05) is 36.8 Å². The van der Waals surface area contributed by atoms with Crippen LogP contribution in [0.2, 0.25) is 0 Å². The summed E-state index contributed by atoms with van der Waals surface area (Å²) in [5.74, 6) is 0. The molecule has 0 saturated carbocycles. The fraction of sp³-hybridized carbons (Fsp3) is 0.381. The number of alkyl halides is 3. The molecular formula is C21H25F3N4O3S. The number of nitrogens with zero attached hydrogens (tertiary/aromatic N) is 2. The van der Waals surface area contributed by atoms with Crippen LogP contribution in [0, 0.1) is 0 Å². The van der Waals surface area contributed by atoms with Crippen LogP contribution >= 0.6 is 0 Å². The first-order chi connectivity index (χ1) is 15.0. The van der Waals surface area contributed by atoms with Crippen LogP contribution in [0.5, 0.6) is 0 Å². The number of halogens is 3. The molecule has 3 rings (SSSR count). The number of anilines is 2. The highest BCUT2D eigenvalue weighted by Gasteiger charge is 2.30. The van der Waals surface area contributed by atoms with Crippen molar-refractivity contribution in [3.8, 4) is 0 Å². The van der Waals surface area contributed by atoms with Crippen LogP contribution in [-0.2, 0) is 16.2 Å². The van der Waals surface area contributed by atoms with Gasteiger partial charge in [0.2, 0.25) is 10.0 Å². The summed E-state index contributed by atoms with van der Waals surface area (Å²) in [6, 6.07) is 9.51. The first-order valence-electron chi connectivity index (χ1n) is 10.1. The molecule has 0 aliphatic carbocycles. The van der Waals surface area contributed by atoms with Gasteiger partial charge in [0.15, 0.2) is 0 Å². The lowest BCUT2D eigenvalue weighted by Crippen LogP contribution is -2.50. The smallest absolute Gasteiger partial charge is 0.308 e. The zero-order chi connectivity index (χ0) is 23.5. The molecule has 7 nitrogen and oxygen atoms in total. The predicted molar refractivity (Wildman–Crippen MR) is 116 cm³/mol. The summed E-state index contributed by atoms with van der Waals surface area (Å²) in [5.41, 5.74) is -0.408. The van der Waals surface area contributed by atoms with Gasteiger partial charge < -0.3 is 10.6 Å². The van der Waals surface area contributed by atoms with Gasteiger partial charge in [-0.1, -0.05) is 6.07 Å². The fourth-order valence-corrected chi connectivity index (χ4v) is 4.85. The third-order valence-corrected chi connectivity index (χ3v) is 7.10. The molecule has 2 amide bonds. The van der Waals surface area contributed by atoms with Gasteiger partial charge in [0.1, 0.15) is 0 Å². The molecule has 2 N–H and O–H groups in total. The number of benzene rings is 2. The summed E-state index contributed by atoms with van der Waals surface area (Å²) in [5, 5.41) is 4.93. The lowest BCUT2D eigenvalue weighted by molar-refractivity contribution is -0.137. The van der Waals surface area contributed by atoms with E-state index in [1.54, 1.807) is 0 Å². The standard InChI is InChI=1S/C21H25F3N4O3S/c1-15(2)27-10-12-28(13-11-27)32(30,31)19-5-3-4-18(14-19)26-20(29)25-17-8-6-16(7-9-17)21(22,23)24/h3-9,14-15H,10-13H2,1-2H3,(H2,25,26,29). The Kier molecular flexibility index (Phi) is 7.11. The van der Waals surface area contributed by atoms with Crippen molar-refractivity contribution >= 4 is 27.4 Å². The zero-order valence-corrected chi connectivity index (χ0v) is 18.5. The third kappa shape index (κ3) is 5.78. The Morgan fingerprint density at radius 1 is 0.938 bits per heavy atom. The second-order valence-corrected chi connectivity index (χ2v) is 9.65. The second-order valence-electron chi connectivity index (χ2n) is 7.72. The van der Waals surface area contributed by atoms with E-state index in [9.17, 15) is 26.4 Å². The first kappa shape index (κ1) is 24.0. The molecule has 0 unspecified atom stereocenters. The Morgan fingerprint density at radius 2 is 1.53 bits per heavy atom. The summed E-state index contributed by atoms with van der Waals surface area (Å²) < 4.78 is 65.3. The third-order valence-electron chi connectivity index (χ3n) is 5.20. The van der Waals surface area contributed by atoms with Crippen LogP contribution in [0.1, 0.15) is 19.4 Å². The Morgan fingerprint density at radius 3 is 2.09 bits per heavy atom. The monoisotopic (exact) mass is 470 g/mol. The minimum Gasteiger partial charge on any atom is -0.308 e. The molecule has 1 fully saturated rings. The summed E-state index contributed by atoms with van der Waals surface area (Å²) in [6.45, 7) is 6.18. The van der Waals surface area contributed by atoms with E-state index in [-0.39, 0.29) is 16.3 Å². The Bertz CT molecular complexity index is 1050. The van der Waals surface area contributed by atoms with Crippen LogP contribution in [0.15, 0.2) is 53.4 Å². The minimum absolute atomic E-state index is 0.0582. The summed E-state index contributed by atoms with van der Waals surface area (Å²) in [7, 11) is -3.72. The average Bonchev–Trinajstić information content (AvgIpc) is 2.73. The highest BCUT2D eigenvalue weighted by Crippen LogP contribution is 2.30. The number of carbonyl (C=O) groups is 1. The van der Waals surface area contributed by atoms with Gasteiger partial charge in [0, 0.05) is 43.6 Å². The molecule has 0 radical (unpaired) electrons. The Hall–Kier alpha value is -2.63. The average molecular weight is 471 g/mol. The maximum Gasteiger partial charge on any atom is 0.416 e. The molecule has 2 aromatic rings. The molecule has 1 aliphatic heterocycles. The van der Waals surface area contributed by atoms with Crippen LogP contribution in [0.4, 0.5) is 29.3 Å². The topological polar surface area (TPSA) is 81.8 Å². The van der Waals surface area contributed by atoms with E-state index in [2.05, 4.69) is 29.4 Å². The number of hydrogen-bond acceptors (Lipinski definition) is 4. The van der Waals surface area contributed by atoms with Gasteiger partial charge in [0.25, 0.3) is 0 Å². The first-order valence-corrected chi connectivity index (χ1v) is 11.5. The van der Waals surface area contributed by atoms with Crippen molar-refractivity contribution in [3.63, 3.8) is 0 Å². The van der Waals surface area contributed by atoms with Gasteiger partial charge in [-0.3, -0.25) is 4.90 Å². The zero-order valence-electron chi connectivity index (χ0n) is 17.7.